The Morgan fingerprint density at radius 2 is 2.03 bits per heavy atom. The lowest BCUT2D eigenvalue weighted by molar-refractivity contribution is -0.133. The second-order valence-electron chi connectivity index (χ2n) is 7.84. The van der Waals surface area contributed by atoms with Crippen molar-refractivity contribution in [1.29, 1.82) is 5.26 Å². The van der Waals surface area contributed by atoms with Crippen LogP contribution in [0.15, 0.2) is 36.7 Å². The van der Waals surface area contributed by atoms with Crippen LogP contribution in [0.5, 0.6) is 0 Å². The first kappa shape index (κ1) is 20.2. The van der Waals surface area contributed by atoms with Crippen molar-refractivity contribution in [2.45, 2.75) is 37.6 Å². The Balaban J connectivity index is 1.27. The molecule has 1 amide bonds. The number of fused-ring (bicyclic) bond motifs is 1. The fourth-order valence-electron chi connectivity index (χ4n) is 4.08. The van der Waals surface area contributed by atoms with Crippen LogP contribution in [-0.4, -0.2) is 71.2 Å². The van der Waals surface area contributed by atoms with Crippen molar-refractivity contribution in [1.82, 2.24) is 14.8 Å². The number of rotatable bonds is 4. The average Bonchev–Trinajstić information content (AvgIpc) is 3.15. The predicted octanol–water partition coefficient (Wildman–Crippen LogP) is 2.32. The summed E-state index contributed by atoms with van der Waals surface area (Å²) < 4.78 is 19.2. The number of halogens is 1. The van der Waals surface area contributed by atoms with Gasteiger partial charge in [0.15, 0.2) is 0 Å². The van der Waals surface area contributed by atoms with Crippen molar-refractivity contribution in [3.8, 4) is 6.07 Å². The SMILES string of the molecule is N#C[C@@H]1C[C@H](F)CN1C(=O)CN1CCC(OC(=O)c2ccc3cnccc3c2)CC1. The quantitative estimate of drug-likeness (QED) is 0.719. The van der Waals surface area contributed by atoms with Gasteiger partial charge < -0.3 is 9.64 Å². The molecule has 0 saturated carbocycles. The maximum atomic E-state index is 13.5. The molecule has 0 aliphatic carbocycles. The summed E-state index contributed by atoms with van der Waals surface area (Å²) in [7, 11) is 0. The first-order chi connectivity index (χ1) is 14.5. The van der Waals surface area contributed by atoms with Crippen molar-refractivity contribution in [3.63, 3.8) is 0 Å². The normalized spacial score (nSPS) is 22.7. The Kier molecular flexibility index (Phi) is 5.91. The van der Waals surface area contributed by atoms with E-state index in [9.17, 15) is 14.0 Å². The summed E-state index contributed by atoms with van der Waals surface area (Å²) in [6, 6.07) is 8.56. The fraction of sp³-hybridized carbons (Fsp3) is 0.455. The molecule has 1 aromatic carbocycles. The molecule has 2 atom stereocenters. The highest BCUT2D eigenvalue weighted by Gasteiger charge is 2.36. The minimum Gasteiger partial charge on any atom is -0.459 e. The summed E-state index contributed by atoms with van der Waals surface area (Å²) in [4.78, 5) is 32.3. The molecule has 3 heterocycles. The third-order valence-corrected chi connectivity index (χ3v) is 5.76. The van der Waals surface area contributed by atoms with Gasteiger partial charge >= 0.3 is 5.97 Å². The monoisotopic (exact) mass is 410 g/mol. The van der Waals surface area contributed by atoms with Crippen LogP contribution in [0.3, 0.4) is 0 Å². The lowest BCUT2D eigenvalue weighted by atomic mass is 10.1. The maximum absolute atomic E-state index is 13.5. The van der Waals surface area contributed by atoms with Crippen molar-refractivity contribution >= 4 is 22.6 Å². The molecule has 2 aromatic rings. The molecule has 4 rings (SSSR count). The number of hydrogen-bond acceptors (Lipinski definition) is 6. The van der Waals surface area contributed by atoms with Crippen molar-refractivity contribution < 1.29 is 18.7 Å². The molecule has 7 nitrogen and oxygen atoms in total. The molecule has 2 aliphatic heterocycles. The van der Waals surface area contributed by atoms with Gasteiger partial charge in [0, 0.05) is 37.3 Å². The standard InChI is InChI=1S/C22H23FN4O3/c23-18-10-19(11-24)27(13-18)21(28)14-26-7-4-20(5-8-26)30-22(29)16-1-2-17-12-25-6-3-15(17)9-16/h1-3,6,9,12,18-20H,4-5,7-8,10,13-14H2/t18-,19-/m0/s1. The maximum Gasteiger partial charge on any atom is 0.338 e. The zero-order valence-corrected chi connectivity index (χ0v) is 16.5. The molecule has 30 heavy (non-hydrogen) atoms. The van der Waals surface area contributed by atoms with Gasteiger partial charge in [-0.25, -0.2) is 9.18 Å². The number of piperidine rings is 1. The van der Waals surface area contributed by atoms with Gasteiger partial charge in [0.1, 0.15) is 18.3 Å². The van der Waals surface area contributed by atoms with Crippen LogP contribution in [0.25, 0.3) is 10.8 Å². The van der Waals surface area contributed by atoms with Crippen LogP contribution in [0, 0.1) is 11.3 Å². The van der Waals surface area contributed by atoms with E-state index in [1.807, 2.05) is 23.1 Å². The van der Waals surface area contributed by atoms with Gasteiger partial charge in [-0.05, 0) is 36.4 Å². The first-order valence-electron chi connectivity index (χ1n) is 10.1. The van der Waals surface area contributed by atoms with Gasteiger partial charge in [0.05, 0.1) is 24.7 Å². The van der Waals surface area contributed by atoms with Crippen LogP contribution in [0.1, 0.15) is 29.6 Å². The molecule has 8 heteroatoms. The zero-order chi connectivity index (χ0) is 21.1. The molecule has 2 fully saturated rings. The minimum absolute atomic E-state index is 0.00699. The number of ether oxygens (including phenoxy) is 1. The third-order valence-electron chi connectivity index (χ3n) is 5.76. The highest BCUT2D eigenvalue weighted by atomic mass is 19.1. The van der Waals surface area contributed by atoms with E-state index in [0.29, 0.717) is 31.5 Å². The molecule has 0 radical (unpaired) electrons. The number of alkyl halides is 1. The highest BCUT2D eigenvalue weighted by molar-refractivity contribution is 5.95. The van der Waals surface area contributed by atoms with Crippen LogP contribution in [-0.2, 0) is 9.53 Å². The van der Waals surface area contributed by atoms with Gasteiger partial charge in [0.2, 0.25) is 5.91 Å². The van der Waals surface area contributed by atoms with Gasteiger partial charge in [-0.15, -0.1) is 0 Å². The van der Waals surface area contributed by atoms with E-state index in [1.165, 1.54) is 4.90 Å². The Hall–Kier alpha value is -3.05. The van der Waals surface area contributed by atoms with E-state index >= 15 is 0 Å². The van der Waals surface area contributed by atoms with Gasteiger partial charge in [0.25, 0.3) is 0 Å². The molecule has 0 bridgehead atoms. The predicted molar refractivity (Wildman–Crippen MR) is 107 cm³/mol. The van der Waals surface area contributed by atoms with E-state index in [4.69, 9.17) is 10.00 Å². The molecule has 0 spiro atoms. The molecule has 1 aromatic heterocycles. The number of esters is 1. The number of pyridine rings is 1. The number of benzene rings is 1. The Morgan fingerprint density at radius 3 is 2.80 bits per heavy atom. The molecular formula is C22H23FN4O3. The summed E-state index contributed by atoms with van der Waals surface area (Å²) in [6.45, 7) is 1.37. The lowest BCUT2D eigenvalue weighted by Crippen LogP contribution is -2.46. The number of likely N-dealkylation sites (tertiary alicyclic amines) is 2. The van der Waals surface area contributed by atoms with Gasteiger partial charge in [-0.1, -0.05) is 6.07 Å². The molecule has 156 valence electrons. The molecule has 0 unspecified atom stereocenters. The Bertz CT molecular complexity index is 984. The van der Waals surface area contributed by atoms with E-state index in [2.05, 4.69) is 4.98 Å². The largest absolute Gasteiger partial charge is 0.459 e. The second-order valence-corrected chi connectivity index (χ2v) is 7.84. The van der Waals surface area contributed by atoms with Crippen molar-refractivity contribution in [2.24, 2.45) is 0 Å². The number of carbonyl (C=O) groups excluding carboxylic acids is 2. The highest BCUT2D eigenvalue weighted by Crippen LogP contribution is 2.22. The topological polar surface area (TPSA) is 86.5 Å². The van der Waals surface area contributed by atoms with Crippen LogP contribution in [0.4, 0.5) is 4.39 Å². The second kappa shape index (κ2) is 8.76. The number of carbonyl (C=O) groups is 2. The summed E-state index contributed by atoms with van der Waals surface area (Å²) in [5.74, 6) is -0.575. The minimum atomic E-state index is -1.13. The summed E-state index contributed by atoms with van der Waals surface area (Å²) in [5.41, 5.74) is 0.503. The van der Waals surface area contributed by atoms with E-state index in [1.54, 1.807) is 24.5 Å². The number of amides is 1. The summed E-state index contributed by atoms with van der Waals surface area (Å²) >= 11 is 0. The van der Waals surface area contributed by atoms with Crippen LogP contribution < -0.4 is 0 Å². The molecule has 2 saturated heterocycles. The zero-order valence-electron chi connectivity index (χ0n) is 16.5. The Labute approximate surface area is 174 Å². The summed E-state index contributed by atoms with van der Waals surface area (Å²) in [6.07, 6.45) is 3.44. The molecular weight excluding hydrogens is 387 g/mol. The van der Waals surface area contributed by atoms with E-state index in [-0.39, 0.29) is 37.5 Å². The number of hydrogen-bond donors (Lipinski definition) is 0. The summed E-state index contributed by atoms with van der Waals surface area (Å²) in [5, 5.41) is 11.0. The first-order valence-corrected chi connectivity index (χ1v) is 10.1. The van der Waals surface area contributed by atoms with Crippen LogP contribution in [0.2, 0.25) is 0 Å². The molecule has 0 N–H and O–H groups in total. The van der Waals surface area contributed by atoms with Gasteiger partial charge in [-0.2, -0.15) is 5.26 Å². The average molecular weight is 410 g/mol. The van der Waals surface area contributed by atoms with Crippen molar-refractivity contribution in [2.75, 3.05) is 26.2 Å². The van der Waals surface area contributed by atoms with Gasteiger partial charge in [-0.3, -0.25) is 14.7 Å². The number of nitriles is 1. The van der Waals surface area contributed by atoms with Crippen LogP contribution >= 0.6 is 0 Å². The molecule has 2 aliphatic rings. The smallest absolute Gasteiger partial charge is 0.338 e. The number of nitrogens with zero attached hydrogens (tertiary/aromatic N) is 4. The lowest BCUT2D eigenvalue weighted by Gasteiger charge is -2.32. The fourth-order valence-corrected chi connectivity index (χ4v) is 4.08. The third kappa shape index (κ3) is 4.41. The Morgan fingerprint density at radius 1 is 1.23 bits per heavy atom. The van der Waals surface area contributed by atoms with E-state index < -0.39 is 12.2 Å². The van der Waals surface area contributed by atoms with Crippen molar-refractivity contribution in [3.05, 3.63) is 42.2 Å². The van der Waals surface area contributed by atoms with E-state index in [0.717, 1.165) is 10.8 Å². The number of aromatic nitrogens is 1.